The van der Waals surface area contributed by atoms with E-state index in [1.807, 2.05) is 10.8 Å². The molecule has 2 aromatic rings. The lowest BCUT2D eigenvalue weighted by Gasteiger charge is -2.08. The van der Waals surface area contributed by atoms with Gasteiger partial charge in [-0.2, -0.15) is 0 Å². The molecule has 2 N–H and O–H groups in total. The maximum Gasteiger partial charge on any atom is 0.337 e. The molecule has 0 bridgehead atoms. The van der Waals surface area contributed by atoms with Crippen molar-refractivity contribution in [2.24, 2.45) is 0 Å². The number of pyridine rings is 1. The van der Waals surface area contributed by atoms with E-state index in [9.17, 15) is 4.79 Å². The number of hydrogen-bond donors (Lipinski definition) is 2. The molecule has 0 unspecified atom stereocenters. The van der Waals surface area contributed by atoms with Crippen LogP contribution in [0.15, 0.2) is 37.2 Å². The number of carboxylic acid groups (broad SMARTS) is 1. The lowest BCUT2D eigenvalue weighted by Crippen LogP contribution is -2.12. The number of imidazole rings is 1. The Hall–Kier alpha value is -2.37. The van der Waals surface area contributed by atoms with Gasteiger partial charge in [-0.1, -0.05) is 0 Å². The first-order chi connectivity index (χ1) is 8.27. The van der Waals surface area contributed by atoms with Crippen LogP contribution >= 0.6 is 0 Å². The van der Waals surface area contributed by atoms with Crippen molar-refractivity contribution >= 4 is 11.7 Å². The van der Waals surface area contributed by atoms with E-state index in [-0.39, 0.29) is 5.56 Å². The second-order valence-electron chi connectivity index (χ2n) is 3.45. The Morgan fingerprint density at radius 1 is 1.41 bits per heavy atom. The molecule has 0 spiro atoms. The summed E-state index contributed by atoms with van der Waals surface area (Å²) in [5, 5.41) is 12.0. The average molecular weight is 232 g/mol. The molecule has 0 aliphatic rings. The standard InChI is InChI=1S/C11H12N4O2/c16-11(17)9-1-2-12-7-10(9)14-4-6-15-5-3-13-8-15/h1-3,5,7-8,14H,4,6H2,(H,16,17). The monoisotopic (exact) mass is 232 g/mol. The Bertz CT molecular complexity index is 496. The zero-order valence-corrected chi connectivity index (χ0v) is 9.08. The first-order valence-electron chi connectivity index (χ1n) is 5.14. The largest absolute Gasteiger partial charge is 0.478 e. The molecule has 0 atom stereocenters. The van der Waals surface area contributed by atoms with Crippen LogP contribution in [-0.4, -0.2) is 32.2 Å². The Morgan fingerprint density at radius 2 is 2.29 bits per heavy atom. The molecule has 0 amide bonds. The highest BCUT2D eigenvalue weighted by Gasteiger charge is 2.08. The molecule has 2 aromatic heterocycles. The molecule has 0 saturated heterocycles. The van der Waals surface area contributed by atoms with E-state index >= 15 is 0 Å². The minimum atomic E-state index is -0.961. The third kappa shape index (κ3) is 2.81. The fourth-order valence-corrected chi connectivity index (χ4v) is 1.46. The number of aromatic nitrogens is 3. The SMILES string of the molecule is O=C(O)c1ccncc1NCCn1ccnc1. The Morgan fingerprint density at radius 3 is 3.00 bits per heavy atom. The van der Waals surface area contributed by atoms with Gasteiger partial charge in [-0.15, -0.1) is 0 Å². The van der Waals surface area contributed by atoms with E-state index < -0.39 is 5.97 Å². The molecule has 0 aromatic carbocycles. The van der Waals surface area contributed by atoms with Gasteiger partial charge in [0.05, 0.1) is 23.8 Å². The number of anilines is 1. The lowest BCUT2D eigenvalue weighted by atomic mass is 10.2. The molecule has 0 radical (unpaired) electrons. The Kier molecular flexibility index (Phi) is 3.34. The topological polar surface area (TPSA) is 80.0 Å². The first-order valence-corrected chi connectivity index (χ1v) is 5.14. The van der Waals surface area contributed by atoms with Crippen LogP contribution in [0.25, 0.3) is 0 Å². The number of nitrogens with one attached hydrogen (secondary N) is 1. The third-order valence-corrected chi connectivity index (χ3v) is 2.30. The Labute approximate surface area is 97.9 Å². The summed E-state index contributed by atoms with van der Waals surface area (Å²) in [5.74, 6) is -0.961. The Balaban J connectivity index is 1.97. The second kappa shape index (κ2) is 5.11. The van der Waals surface area contributed by atoms with Gasteiger partial charge >= 0.3 is 5.97 Å². The number of nitrogens with zero attached hydrogens (tertiary/aromatic N) is 3. The minimum absolute atomic E-state index is 0.227. The first kappa shape index (κ1) is 11.1. The minimum Gasteiger partial charge on any atom is -0.478 e. The quantitative estimate of drug-likeness (QED) is 0.806. The van der Waals surface area contributed by atoms with Crippen LogP contribution in [0.4, 0.5) is 5.69 Å². The predicted octanol–water partition coefficient (Wildman–Crippen LogP) is 1.09. The molecule has 0 saturated carbocycles. The number of rotatable bonds is 5. The van der Waals surface area contributed by atoms with Crippen molar-refractivity contribution < 1.29 is 9.90 Å². The average Bonchev–Trinajstić information content (AvgIpc) is 2.82. The molecule has 6 nitrogen and oxygen atoms in total. The van der Waals surface area contributed by atoms with E-state index in [0.717, 1.165) is 0 Å². The molecule has 2 rings (SSSR count). The fourth-order valence-electron chi connectivity index (χ4n) is 1.46. The van der Waals surface area contributed by atoms with Crippen molar-refractivity contribution in [3.63, 3.8) is 0 Å². The summed E-state index contributed by atoms with van der Waals surface area (Å²) in [6.07, 6.45) is 8.24. The smallest absolute Gasteiger partial charge is 0.337 e. The molecule has 88 valence electrons. The van der Waals surface area contributed by atoms with Gasteiger partial charge in [0.2, 0.25) is 0 Å². The van der Waals surface area contributed by atoms with Gasteiger partial charge in [-0.3, -0.25) is 4.98 Å². The summed E-state index contributed by atoms with van der Waals surface area (Å²) in [6, 6.07) is 1.47. The van der Waals surface area contributed by atoms with Gasteiger partial charge in [0.15, 0.2) is 0 Å². The third-order valence-electron chi connectivity index (χ3n) is 2.30. The van der Waals surface area contributed by atoms with Crippen molar-refractivity contribution in [3.8, 4) is 0 Å². The number of hydrogen-bond acceptors (Lipinski definition) is 4. The van der Waals surface area contributed by atoms with Crippen LogP contribution in [-0.2, 0) is 6.54 Å². The summed E-state index contributed by atoms with van der Waals surface area (Å²) >= 11 is 0. The van der Waals surface area contributed by atoms with Gasteiger partial charge in [0, 0.05) is 31.7 Å². The molecular formula is C11H12N4O2. The normalized spacial score (nSPS) is 10.1. The predicted molar refractivity (Wildman–Crippen MR) is 61.9 cm³/mol. The highest BCUT2D eigenvalue weighted by atomic mass is 16.4. The molecule has 0 aliphatic carbocycles. The van der Waals surface area contributed by atoms with Gasteiger partial charge in [0.25, 0.3) is 0 Å². The zero-order valence-electron chi connectivity index (χ0n) is 9.08. The van der Waals surface area contributed by atoms with Crippen molar-refractivity contribution in [3.05, 3.63) is 42.7 Å². The molecule has 0 fully saturated rings. The molecule has 0 aliphatic heterocycles. The van der Waals surface area contributed by atoms with E-state index in [0.29, 0.717) is 18.8 Å². The summed E-state index contributed by atoms with van der Waals surface area (Å²) in [7, 11) is 0. The van der Waals surface area contributed by atoms with Crippen molar-refractivity contribution in [1.82, 2.24) is 14.5 Å². The van der Waals surface area contributed by atoms with Crippen molar-refractivity contribution in [1.29, 1.82) is 0 Å². The van der Waals surface area contributed by atoms with E-state index in [2.05, 4.69) is 15.3 Å². The lowest BCUT2D eigenvalue weighted by molar-refractivity contribution is 0.0698. The summed E-state index contributed by atoms with van der Waals surface area (Å²) in [5.41, 5.74) is 0.755. The number of aromatic carboxylic acids is 1. The van der Waals surface area contributed by atoms with Gasteiger partial charge in [0.1, 0.15) is 0 Å². The van der Waals surface area contributed by atoms with Gasteiger partial charge < -0.3 is 15.0 Å². The maximum atomic E-state index is 10.9. The summed E-state index contributed by atoms with van der Waals surface area (Å²) in [6.45, 7) is 1.33. The van der Waals surface area contributed by atoms with Crippen LogP contribution in [0, 0.1) is 0 Å². The zero-order chi connectivity index (χ0) is 12.1. The van der Waals surface area contributed by atoms with Crippen LogP contribution in [0.2, 0.25) is 0 Å². The fraction of sp³-hybridized carbons (Fsp3) is 0.182. The van der Waals surface area contributed by atoms with Gasteiger partial charge in [-0.05, 0) is 6.07 Å². The van der Waals surface area contributed by atoms with E-state index in [1.54, 1.807) is 12.5 Å². The van der Waals surface area contributed by atoms with E-state index in [1.165, 1.54) is 18.5 Å². The highest BCUT2D eigenvalue weighted by molar-refractivity contribution is 5.93. The molecular weight excluding hydrogens is 220 g/mol. The molecule has 17 heavy (non-hydrogen) atoms. The number of carbonyl (C=O) groups is 1. The maximum absolute atomic E-state index is 10.9. The molecule has 6 heteroatoms. The van der Waals surface area contributed by atoms with Crippen LogP contribution in [0.5, 0.6) is 0 Å². The summed E-state index contributed by atoms with van der Waals surface area (Å²) in [4.78, 5) is 18.8. The highest BCUT2D eigenvalue weighted by Crippen LogP contribution is 2.12. The van der Waals surface area contributed by atoms with Crippen molar-refractivity contribution in [2.75, 3.05) is 11.9 Å². The van der Waals surface area contributed by atoms with Crippen molar-refractivity contribution in [2.45, 2.75) is 6.54 Å². The van der Waals surface area contributed by atoms with Crippen LogP contribution in [0.1, 0.15) is 10.4 Å². The second-order valence-corrected chi connectivity index (χ2v) is 3.45. The van der Waals surface area contributed by atoms with Crippen LogP contribution in [0.3, 0.4) is 0 Å². The summed E-state index contributed by atoms with van der Waals surface area (Å²) < 4.78 is 1.91. The van der Waals surface area contributed by atoms with E-state index in [4.69, 9.17) is 5.11 Å². The molecule has 2 heterocycles. The number of carboxylic acids is 1. The van der Waals surface area contributed by atoms with Gasteiger partial charge in [-0.25, -0.2) is 9.78 Å². The van der Waals surface area contributed by atoms with Crippen LogP contribution < -0.4 is 5.32 Å².